The van der Waals surface area contributed by atoms with Crippen molar-refractivity contribution in [3.63, 3.8) is 0 Å². The average Bonchev–Trinajstić information content (AvgIpc) is 2.53. The van der Waals surface area contributed by atoms with Crippen LogP contribution in [0.1, 0.15) is 50.9 Å². The van der Waals surface area contributed by atoms with E-state index in [-0.39, 0.29) is 24.5 Å². The fourth-order valence-corrected chi connectivity index (χ4v) is 4.01. The van der Waals surface area contributed by atoms with E-state index in [1.807, 2.05) is 6.92 Å². The van der Waals surface area contributed by atoms with Crippen LogP contribution in [0, 0.1) is 5.92 Å². The second kappa shape index (κ2) is 7.79. The van der Waals surface area contributed by atoms with Gasteiger partial charge in [0.05, 0.1) is 22.3 Å². The number of aliphatic hydroxyl groups excluding tert-OH is 1. The van der Waals surface area contributed by atoms with Crippen molar-refractivity contribution >= 4 is 29.3 Å². The van der Waals surface area contributed by atoms with Gasteiger partial charge >= 0.3 is 6.09 Å². The van der Waals surface area contributed by atoms with E-state index in [4.69, 9.17) is 16.3 Å². The molecule has 8 heteroatoms. The predicted molar refractivity (Wildman–Crippen MR) is 107 cm³/mol. The maximum absolute atomic E-state index is 13.3. The van der Waals surface area contributed by atoms with Crippen LogP contribution in [0.2, 0.25) is 5.02 Å². The topological polar surface area (TPSA) is 90.9 Å². The molecule has 3 rings (SSSR count). The molecule has 28 heavy (non-hydrogen) atoms. The number of rotatable bonds is 4. The van der Waals surface area contributed by atoms with E-state index in [1.54, 1.807) is 43.9 Å². The highest BCUT2D eigenvalue weighted by Crippen LogP contribution is 2.39. The lowest BCUT2D eigenvalue weighted by Gasteiger charge is -2.50. The van der Waals surface area contributed by atoms with E-state index in [1.165, 1.54) is 0 Å². The van der Waals surface area contributed by atoms with E-state index in [0.717, 1.165) is 12.8 Å². The van der Waals surface area contributed by atoms with Crippen LogP contribution in [0.25, 0.3) is 0 Å². The Bertz CT molecular complexity index is 758. The van der Waals surface area contributed by atoms with Crippen LogP contribution in [0.15, 0.2) is 18.2 Å². The normalized spacial score (nSPS) is 25.3. The number of carbonyl (C=O) groups is 2. The molecule has 1 aliphatic carbocycles. The zero-order valence-corrected chi connectivity index (χ0v) is 17.4. The summed E-state index contributed by atoms with van der Waals surface area (Å²) in [6.45, 7) is 7.34. The number of anilines is 1. The minimum Gasteiger partial charge on any atom is -0.444 e. The first-order chi connectivity index (χ1) is 13.1. The lowest BCUT2D eigenvalue weighted by molar-refractivity contribution is 0.0112. The molecular formula is C20H28ClN3O4. The fourth-order valence-electron chi connectivity index (χ4n) is 3.75. The zero-order chi connectivity index (χ0) is 20.6. The Balaban J connectivity index is 1.84. The predicted octanol–water partition coefficient (Wildman–Crippen LogP) is 3.22. The average molecular weight is 410 g/mol. The molecule has 1 fully saturated rings. The van der Waals surface area contributed by atoms with Gasteiger partial charge in [0.15, 0.2) is 0 Å². The second-order valence-corrected chi connectivity index (χ2v) is 8.98. The third kappa shape index (κ3) is 4.20. The number of nitrogens with zero attached hydrogens (tertiary/aromatic N) is 1. The summed E-state index contributed by atoms with van der Waals surface area (Å²) in [6, 6.07) is 4.86. The van der Waals surface area contributed by atoms with E-state index < -0.39 is 23.9 Å². The van der Waals surface area contributed by atoms with Gasteiger partial charge in [0.25, 0.3) is 5.91 Å². The quantitative estimate of drug-likeness (QED) is 0.710. The molecule has 0 spiro atoms. The molecule has 1 aliphatic heterocycles. The van der Waals surface area contributed by atoms with Gasteiger partial charge in [-0.3, -0.25) is 4.79 Å². The number of nitrogens with one attached hydrogen (secondary N) is 2. The molecule has 1 aromatic carbocycles. The fraction of sp³-hybridized carbons (Fsp3) is 0.600. The molecule has 1 unspecified atom stereocenters. The second-order valence-electron chi connectivity index (χ2n) is 8.57. The molecule has 154 valence electrons. The minimum atomic E-state index is -0.609. The number of hydrogen-bond acceptors (Lipinski definition) is 5. The molecule has 3 N–H and O–H groups in total. The Morgan fingerprint density at radius 2 is 2.11 bits per heavy atom. The van der Waals surface area contributed by atoms with Gasteiger partial charge in [0, 0.05) is 12.6 Å². The summed E-state index contributed by atoms with van der Waals surface area (Å²) in [5, 5.41) is 15.9. The Hall–Kier alpha value is -1.99. The van der Waals surface area contributed by atoms with Gasteiger partial charge in [-0.15, -0.1) is 0 Å². The summed E-state index contributed by atoms with van der Waals surface area (Å²) in [5.74, 6) is 0.0313. The van der Waals surface area contributed by atoms with Crippen molar-refractivity contribution in [3.8, 4) is 0 Å². The standard InChI is InChI=1S/C20H28ClN3O4/c1-11(22-19(27)28-20(2,3)4)17-23-15-7-5-6-14(21)16(15)18(26)24(17)13-8-12(9-13)10-25/h5-7,11-13,17,23,25H,8-10H2,1-4H3,(H,22,27)/t11-,12?,13?,17?/m0/s1. The van der Waals surface area contributed by atoms with Crippen LogP contribution in [0.3, 0.4) is 0 Å². The van der Waals surface area contributed by atoms with Crippen LogP contribution in [0.4, 0.5) is 10.5 Å². The molecule has 0 aromatic heterocycles. The van der Waals surface area contributed by atoms with Gasteiger partial charge in [-0.25, -0.2) is 4.79 Å². The number of fused-ring (bicyclic) bond motifs is 1. The minimum absolute atomic E-state index is 0.0190. The molecule has 2 atom stereocenters. The van der Waals surface area contributed by atoms with Crippen molar-refractivity contribution in [2.75, 3.05) is 11.9 Å². The maximum Gasteiger partial charge on any atom is 0.408 e. The van der Waals surface area contributed by atoms with Crippen molar-refractivity contribution in [3.05, 3.63) is 28.8 Å². The third-order valence-electron chi connectivity index (χ3n) is 5.15. The van der Waals surface area contributed by atoms with Gasteiger partial charge < -0.3 is 25.4 Å². The lowest BCUT2D eigenvalue weighted by atomic mass is 9.78. The van der Waals surface area contributed by atoms with Crippen LogP contribution in [-0.4, -0.2) is 52.5 Å². The first-order valence-electron chi connectivity index (χ1n) is 9.59. The maximum atomic E-state index is 13.3. The summed E-state index contributed by atoms with van der Waals surface area (Å²) in [5.41, 5.74) is 0.480. The molecule has 2 aliphatic rings. The number of halogens is 1. The number of carbonyl (C=O) groups excluding carboxylic acids is 2. The SMILES string of the molecule is C[C@H](NC(=O)OC(C)(C)C)C1Nc2cccc(Cl)c2C(=O)N1C1CC(CO)C1. The summed E-state index contributed by atoms with van der Waals surface area (Å²) in [7, 11) is 0. The highest BCUT2D eigenvalue weighted by atomic mass is 35.5. The number of hydrogen-bond donors (Lipinski definition) is 3. The Kier molecular flexibility index (Phi) is 5.77. The molecule has 7 nitrogen and oxygen atoms in total. The highest BCUT2D eigenvalue weighted by Gasteiger charge is 2.45. The molecule has 1 heterocycles. The number of aliphatic hydroxyl groups is 1. The third-order valence-corrected chi connectivity index (χ3v) is 5.46. The molecule has 0 bridgehead atoms. The molecule has 2 amide bonds. The summed E-state index contributed by atoms with van der Waals surface area (Å²) in [6.07, 6.45) is 0.460. The summed E-state index contributed by atoms with van der Waals surface area (Å²) in [4.78, 5) is 27.3. The molecular weight excluding hydrogens is 382 g/mol. The molecule has 0 radical (unpaired) electrons. The number of amides is 2. The highest BCUT2D eigenvalue weighted by molar-refractivity contribution is 6.34. The Labute approximate surface area is 170 Å². The first kappa shape index (κ1) is 20.7. The largest absolute Gasteiger partial charge is 0.444 e. The summed E-state index contributed by atoms with van der Waals surface area (Å²) >= 11 is 6.29. The lowest BCUT2D eigenvalue weighted by Crippen LogP contribution is -2.64. The van der Waals surface area contributed by atoms with Crippen molar-refractivity contribution < 1.29 is 19.4 Å². The number of alkyl carbamates (subject to hydrolysis) is 1. The Morgan fingerprint density at radius 3 is 2.71 bits per heavy atom. The van der Waals surface area contributed by atoms with Crippen molar-refractivity contribution in [1.82, 2.24) is 10.2 Å². The van der Waals surface area contributed by atoms with Crippen LogP contribution in [0.5, 0.6) is 0 Å². The van der Waals surface area contributed by atoms with Crippen LogP contribution >= 0.6 is 11.6 Å². The number of benzene rings is 1. The van der Waals surface area contributed by atoms with E-state index in [0.29, 0.717) is 16.3 Å². The van der Waals surface area contributed by atoms with Gasteiger partial charge in [0.1, 0.15) is 11.8 Å². The van der Waals surface area contributed by atoms with Gasteiger partial charge in [-0.2, -0.15) is 0 Å². The van der Waals surface area contributed by atoms with E-state index in [9.17, 15) is 14.7 Å². The van der Waals surface area contributed by atoms with Crippen molar-refractivity contribution in [1.29, 1.82) is 0 Å². The van der Waals surface area contributed by atoms with Crippen molar-refractivity contribution in [2.24, 2.45) is 5.92 Å². The molecule has 1 aromatic rings. The van der Waals surface area contributed by atoms with Gasteiger partial charge in [-0.05, 0) is 58.6 Å². The smallest absolute Gasteiger partial charge is 0.408 e. The van der Waals surface area contributed by atoms with Gasteiger partial charge in [-0.1, -0.05) is 17.7 Å². The summed E-state index contributed by atoms with van der Waals surface area (Å²) < 4.78 is 5.35. The van der Waals surface area contributed by atoms with E-state index >= 15 is 0 Å². The van der Waals surface area contributed by atoms with Crippen LogP contribution in [-0.2, 0) is 4.74 Å². The number of ether oxygens (including phenoxy) is 1. The Morgan fingerprint density at radius 1 is 1.43 bits per heavy atom. The molecule has 1 saturated carbocycles. The first-order valence-corrected chi connectivity index (χ1v) is 9.96. The van der Waals surface area contributed by atoms with E-state index in [2.05, 4.69) is 10.6 Å². The van der Waals surface area contributed by atoms with Crippen molar-refractivity contribution in [2.45, 2.75) is 64.4 Å². The van der Waals surface area contributed by atoms with Crippen LogP contribution < -0.4 is 10.6 Å². The molecule has 0 saturated heterocycles. The van der Waals surface area contributed by atoms with Gasteiger partial charge in [0.2, 0.25) is 0 Å². The monoisotopic (exact) mass is 409 g/mol. The zero-order valence-electron chi connectivity index (χ0n) is 16.7.